The van der Waals surface area contributed by atoms with E-state index >= 15 is 0 Å². The summed E-state index contributed by atoms with van der Waals surface area (Å²) >= 11 is 3.36. The molecule has 2 aromatic heterocycles. The van der Waals surface area contributed by atoms with E-state index in [2.05, 4.69) is 25.9 Å². The zero-order chi connectivity index (χ0) is 11.8. The second-order valence-corrected chi connectivity index (χ2v) is 4.78. The van der Waals surface area contributed by atoms with Crippen LogP contribution in [0.3, 0.4) is 0 Å². The third-order valence-electron chi connectivity index (χ3n) is 2.48. The summed E-state index contributed by atoms with van der Waals surface area (Å²) in [5.41, 5.74) is 3.47. The summed E-state index contributed by atoms with van der Waals surface area (Å²) in [6.45, 7) is 2.04. The van der Waals surface area contributed by atoms with Crippen molar-refractivity contribution in [3.8, 4) is 11.5 Å². The van der Waals surface area contributed by atoms with E-state index in [-0.39, 0.29) is 0 Å². The molecule has 2 heterocycles. The molecule has 0 fully saturated rings. The molecule has 0 saturated carbocycles. The van der Waals surface area contributed by atoms with E-state index in [1.165, 1.54) is 5.56 Å². The molecule has 3 rings (SSSR count). The molecule has 0 aliphatic rings. The van der Waals surface area contributed by atoms with E-state index in [1.54, 1.807) is 6.20 Å². The average Bonchev–Trinajstić information content (AvgIpc) is 2.72. The van der Waals surface area contributed by atoms with Gasteiger partial charge in [-0.25, -0.2) is 4.98 Å². The number of halogens is 1. The number of benzene rings is 1. The van der Waals surface area contributed by atoms with E-state index in [0.29, 0.717) is 17.1 Å². The van der Waals surface area contributed by atoms with Gasteiger partial charge in [0.25, 0.3) is 0 Å². The average molecular weight is 289 g/mol. The minimum Gasteiger partial charge on any atom is -0.434 e. The van der Waals surface area contributed by atoms with Crippen LogP contribution in [0, 0.1) is 6.92 Å². The summed E-state index contributed by atoms with van der Waals surface area (Å²) in [6, 6.07) is 9.92. The highest BCUT2D eigenvalue weighted by Crippen LogP contribution is 2.25. The molecular weight excluding hydrogens is 280 g/mol. The first-order chi connectivity index (χ1) is 8.22. The van der Waals surface area contributed by atoms with Crippen molar-refractivity contribution in [3.63, 3.8) is 0 Å². The maximum absolute atomic E-state index is 5.69. The summed E-state index contributed by atoms with van der Waals surface area (Å²) in [6.07, 6.45) is 1.71. The van der Waals surface area contributed by atoms with Gasteiger partial charge in [-0.15, -0.1) is 0 Å². The number of fused-ring (bicyclic) bond motifs is 1. The number of hydrogen-bond acceptors (Lipinski definition) is 3. The molecule has 0 amide bonds. The first-order valence-electron chi connectivity index (χ1n) is 5.21. The third-order valence-corrected chi connectivity index (χ3v) is 2.91. The van der Waals surface area contributed by atoms with E-state index in [9.17, 15) is 0 Å². The van der Waals surface area contributed by atoms with Crippen LogP contribution in [0.1, 0.15) is 5.56 Å². The Morgan fingerprint density at radius 1 is 1.24 bits per heavy atom. The Hall–Kier alpha value is -1.68. The van der Waals surface area contributed by atoms with Crippen LogP contribution in [-0.4, -0.2) is 9.97 Å². The highest BCUT2D eigenvalue weighted by Gasteiger charge is 2.09. The maximum Gasteiger partial charge on any atom is 0.228 e. The van der Waals surface area contributed by atoms with Gasteiger partial charge in [-0.3, -0.25) is 0 Å². The zero-order valence-corrected chi connectivity index (χ0v) is 10.7. The number of rotatable bonds is 1. The molecule has 3 aromatic rings. The molecule has 17 heavy (non-hydrogen) atoms. The van der Waals surface area contributed by atoms with Gasteiger partial charge in [0.2, 0.25) is 5.89 Å². The molecule has 84 valence electrons. The predicted molar refractivity (Wildman–Crippen MR) is 69.7 cm³/mol. The first-order valence-corrected chi connectivity index (χ1v) is 6.01. The van der Waals surface area contributed by atoms with Gasteiger partial charge in [0, 0.05) is 22.3 Å². The molecular formula is C13H9BrN2O. The molecule has 0 saturated heterocycles. The molecule has 1 aromatic carbocycles. The maximum atomic E-state index is 5.69. The van der Waals surface area contributed by atoms with Gasteiger partial charge in [0.05, 0.1) is 0 Å². The number of aryl methyl sites for hydroxylation is 1. The lowest BCUT2D eigenvalue weighted by molar-refractivity contribution is 0.619. The Morgan fingerprint density at radius 3 is 2.94 bits per heavy atom. The molecule has 0 spiro atoms. The summed E-state index contributed by atoms with van der Waals surface area (Å²) in [4.78, 5) is 8.56. The van der Waals surface area contributed by atoms with Crippen molar-refractivity contribution in [1.82, 2.24) is 9.97 Å². The fraction of sp³-hybridized carbons (Fsp3) is 0.0769. The highest BCUT2D eigenvalue weighted by molar-refractivity contribution is 9.10. The van der Waals surface area contributed by atoms with Gasteiger partial charge in [0.15, 0.2) is 11.2 Å². The van der Waals surface area contributed by atoms with Crippen molar-refractivity contribution in [3.05, 3.63) is 46.6 Å². The lowest BCUT2D eigenvalue weighted by atomic mass is 10.1. The van der Waals surface area contributed by atoms with Crippen LogP contribution in [0.25, 0.3) is 22.7 Å². The molecule has 3 nitrogen and oxygen atoms in total. The standard InChI is InChI=1S/C13H9BrN2O/c1-8-3-2-4-9(5-8)13-16-12-11(17-13)6-10(14)7-15-12/h2-7H,1H3. The molecule has 0 radical (unpaired) electrons. The summed E-state index contributed by atoms with van der Waals surface area (Å²) in [7, 11) is 0. The van der Waals surface area contributed by atoms with Gasteiger partial charge < -0.3 is 4.42 Å². The zero-order valence-electron chi connectivity index (χ0n) is 9.14. The fourth-order valence-corrected chi connectivity index (χ4v) is 2.01. The Kier molecular flexibility index (Phi) is 2.44. The van der Waals surface area contributed by atoms with Crippen LogP contribution in [-0.2, 0) is 0 Å². The third kappa shape index (κ3) is 1.96. The first kappa shape index (κ1) is 10.5. The number of oxazole rings is 1. The monoisotopic (exact) mass is 288 g/mol. The lowest BCUT2D eigenvalue weighted by Gasteiger charge is -1.95. The Bertz CT molecular complexity index is 691. The van der Waals surface area contributed by atoms with E-state index < -0.39 is 0 Å². The van der Waals surface area contributed by atoms with Crippen molar-refractivity contribution in [2.45, 2.75) is 6.92 Å². The smallest absolute Gasteiger partial charge is 0.228 e. The minimum atomic E-state index is 0.606. The Balaban J connectivity index is 2.18. The minimum absolute atomic E-state index is 0.606. The molecule has 0 unspecified atom stereocenters. The van der Waals surface area contributed by atoms with Gasteiger partial charge >= 0.3 is 0 Å². The van der Waals surface area contributed by atoms with Gasteiger partial charge in [-0.1, -0.05) is 17.7 Å². The van der Waals surface area contributed by atoms with Crippen LogP contribution in [0.15, 0.2) is 45.4 Å². The van der Waals surface area contributed by atoms with E-state index in [0.717, 1.165) is 10.0 Å². The second kappa shape index (κ2) is 3.96. The molecule has 0 aliphatic heterocycles. The number of pyridine rings is 1. The Morgan fingerprint density at radius 2 is 2.12 bits per heavy atom. The molecule has 0 N–H and O–H groups in total. The topological polar surface area (TPSA) is 38.9 Å². The molecule has 0 atom stereocenters. The molecule has 0 bridgehead atoms. The van der Waals surface area contributed by atoms with Crippen molar-refractivity contribution < 1.29 is 4.42 Å². The van der Waals surface area contributed by atoms with Gasteiger partial charge in [-0.05, 0) is 35.0 Å². The lowest BCUT2D eigenvalue weighted by Crippen LogP contribution is -1.79. The molecule has 4 heteroatoms. The van der Waals surface area contributed by atoms with Gasteiger partial charge in [0.1, 0.15) is 0 Å². The number of nitrogens with zero attached hydrogens (tertiary/aromatic N) is 2. The summed E-state index contributed by atoms with van der Waals surface area (Å²) < 4.78 is 6.57. The van der Waals surface area contributed by atoms with Crippen molar-refractivity contribution in [2.24, 2.45) is 0 Å². The fourth-order valence-electron chi connectivity index (χ4n) is 1.70. The second-order valence-electron chi connectivity index (χ2n) is 3.86. The highest BCUT2D eigenvalue weighted by atomic mass is 79.9. The van der Waals surface area contributed by atoms with Gasteiger partial charge in [-0.2, -0.15) is 4.98 Å². The predicted octanol–water partition coefficient (Wildman–Crippen LogP) is 3.96. The van der Waals surface area contributed by atoms with Crippen molar-refractivity contribution in [1.29, 1.82) is 0 Å². The quantitative estimate of drug-likeness (QED) is 0.680. The largest absolute Gasteiger partial charge is 0.434 e. The van der Waals surface area contributed by atoms with Crippen LogP contribution in [0.4, 0.5) is 0 Å². The molecule has 0 aliphatic carbocycles. The Labute approximate surface area is 107 Å². The normalized spacial score (nSPS) is 10.9. The number of hydrogen-bond donors (Lipinski definition) is 0. The SMILES string of the molecule is Cc1cccc(-c2nc3ncc(Br)cc3o2)c1. The van der Waals surface area contributed by atoms with Crippen molar-refractivity contribution in [2.75, 3.05) is 0 Å². The number of aromatic nitrogens is 2. The van der Waals surface area contributed by atoms with Crippen LogP contribution in [0.2, 0.25) is 0 Å². The van der Waals surface area contributed by atoms with E-state index in [4.69, 9.17) is 4.42 Å². The van der Waals surface area contributed by atoms with Crippen LogP contribution in [0.5, 0.6) is 0 Å². The van der Waals surface area contributed by atoms with Crippen molar-refractivity contribution >= 4 is 27.2 Å². The summed E-state index contributed by atoms with van der Waals surface area (Å²) in [5.74, 6) is 0.606. The van der Waals surface area contributed by atoms with Crippen LogP contribution >= 0.6 is 15.9 Å². The van der Waals surface area contributed by atoms with E-state index in [1.807, 2.05) is 37.3 Å². The summed E-state index contributed by atoms with van der Waals surface area (Å²) in [5, 5.41) is 0. The van der Waals surface area contributed by atoms with Crippen LogP contribution < -0.4 is 0 Å².